The number of aryl methyl sites for hydroxylation is 1. The predicted octanol–water partition coefficient (Wildman–Crippen LogP) is 6.03. The highest BCUT2D eigenvalue weighted by molar-refractivity contribution is 6.31. The summed E-state index contributed by atoms with van der Waals surface area (Å²) < 4.78 is 29.3. The van der Waals surface area contributed by atoms with Crippen molar-refractivity contribution in [3.05, 3.63) is 122 Å². The number of carbonyl (C=O) groups excluding carboxylic acids is 1. The van der Waals surface area contributed by atoms with E-state index in [4.69, 9.17) is 17.3 Å². The molecule has 0 bridgehead atoms. The number of halogens is 3. The Morgan fingerprint density at radius 3 is 2.47 bits per heavy atom. The average Bonchev–Trinajstić information content (AvgIpc) is 2.84. The number of hydrogen-bond acceptors (Lipinski definition) is 3. The van der Waals surface area contributed by atoms with Gasteiger partial charge in [0.2, 0.25) is 5.91 Å². The van der Waals surface area contributed by atoms with Gasteiger partial charge in [0.15, 0.2) is 0 Å². The van der Waals surface area contributed by atoms with Crippen molar-refractivity contribution in [3.8, 4) is 0 Å². The quantitative estimate of drug-likeness (QED) is 0.376. The third kappa shape index (κ3) is 6.23. The van der Waals surface area contributed by atoms with Gasteiger partial charge in [-0.2, -0.15) is 0 Å². The van der Waals surface area contributed by atoms with Crippen LogP contribution in [0.25, 0.3) is 6.20 Å². The summed E-state index contributed by atoms with van der Waals surface area (Å²) in [4.78, 5) is 28.7. The highest BCUT2D eigenvalue weighted by Crippen LogP contribution is 2.26. The number of aromatic nitrogens is 1. The molecule has 186 valence electrons. The van der Waals surface area contributed by atoms with Crippen molar-refractivity contribution in [3.63, 3.8) is 0 Å². The molecule has 0 fully saturated rings. The molecule has 0 aliphatic carbocycles. The number of hydrogen-bond donors (Lipinski definition) is 1. The number of nitrogens with zero attached hydrogens (tertiary/aromatic N) is 2. The fourth-order valence-corrected chi connectivity index (χ4v) is 4.09. The number of pyridine rings is 1. The molecule has 1 atom stereocenters. The van der Waals surface area contributed by atoms with Crippen molar-refractivity contribution in [2.24, 2.45) is 10.7 Å². The summed E-state index contributed by atoms with van der Waals surface area (Å²) in [7, 11) is 0. The van der Waals surface area contributed by atoms with Gasteiger partial charge in [-0.05, 0) is 79.8 Å². The number of rotatable bonds is 8. The van der Waals surface area contributed by atoms with Gasteiger partial charge >= 0.3 is 0 Å². The first-order chi connectivity index (χ1) is 17.1. The van der Waals surface area contributed by atoms with Crippen LogP contribution in [0.4, 0.5) is 8.78 Å². The molecule has 0 saturated carbocycles. The summed E-state index contributed by atoms with van der Waals surface area (Å²) >= 11 is 6.47. The van der Waals surface area contributed by atoms with Crippen LogP contribution in [0.2, 0.25) is 5.02 Å². The Bertz CT molecular complexity index is 1420. The summed E-state index contributed by atoms with van der Waals surface area (Å²) in [5.74, 6) is -1.81. The zero-order chi connectivity index (χ0) is 26.4. The Hall–Kier alpha value is -3.84. The van der Waals surface area contributed by atoms with E-state index in [9.17, 15) is 18.4 Å². The number of nitrogens with two attached hydrogens (primary N) is 1. The van der Waals surface area contributed by atoms with Crippen LogP contribution in [-0.4, -0.2) is 16.2 Å². The van der Waals surface area contributed by atoms with Crippen molar-refractivity contribution >= 4 is 29.4 Å². The second-order valence-electron chi connectivity index (χ2n) is 8.33. The molecule has 1 heterocycles. The van der Waals surface area contributed by atoms with Gasteiger partial charge in [-0.3, -0.25) is 19.1 Å². The zero-order valence-electron chi connectivity index (χ0n) is 20.1. The van der Waals surface area contributed by atoms with Crippen molar-refractivity contribution in [1.29, 1.82) is 0 Å². The van der Waals surface area contributed by atoms with E-state index in [1.165, 1.54) is 47.3 Å². The Morgan fingerprint density at radius 2 is 1.86 bits per heavy atom. The molecular formula is C28H26ClF2N3O2. The largest absolute Gasteiger partial charge is 0.366 e. The molecule has 5 nitrogen and oxygen atoms in total. The third-order valence-electron chi connectivity index (χ3n) is 5.66. The lowest BCUT2D eigenvalue weighted by Crippen LogP contribution is -2.21. The highest BCUT2D eigenvalue weighted by atomic mass is 35.5. The highest BCUT2D eigenvalue weighted by Gasteiger charge is 2.17. The van der Waals surface area contributed by atoms with Crippen molar-refractivity contribution in [2.75, 3.05) is 0 Å². The number of amides is 1. The maximum absolute atomic E-state index is 14.7. The van der Waals surface area contributed by atoms with Crippen LogP contribution in [0.5, 0.6) is 0 Å². The van der Waals surface area contributed by atoms with Crippen LogP contribution in [0.15, 0.2) is 76.7 Å². The first-order valence-corrected chi connectivity index (χ1v) is 11.6. The SMILES string of the molecule is C/C=C/N=C(/C=C/n1c(C)cc(C(C)Cc2ccc(F)cc2)c(Cl)c1=O)c1ccc(C(N)=O)cc1F. The molecule has 2 aromatic carbocycles. The van der Waals surface area contributed by atoms with E-state index in [2.05, 4.69) is 4.99 Å². The fourth-order valence-electron chi connectivity index (χ4n) is 3.75. The minimum absolute atomic E-state index is 0.0369. The second-order valence-corrected chi connectivity index (χ2v) is 8.71. The van der Waals surface area contributed by atoms with Gasteiger partial charge in [0, 0.05) is 29.2 Å². The number of allylic oxidation sites excluding steroid dienone is 2. The van der Waals surface area contributed by atoms with Crippen LogP contribution in [0.1, 0.15) is 52.5 Å². The first kappa shape index (κ1) is 26.8. The van der Waals surface area contributed by atoms with E-state index in [0.29, 0.717) is 17.7 Å². The van der Waals surface area contributed by atoms with Gasteiger partial charge in [0.25, 0.3) is 5.56 Å². The van der Waals surface area contributed by atoms with Crippen molar-refractivity contribution in [1.82, 2.24) is 4.57 Å². The minimum atomic E-state index is -0.742. The maximum Gasteiger partial charge on any atom is 0.273 e. The molecule has 3 aromatic rings. The molecule has 8 heteroatoms. The smallest absolute Gasteiger partial charge is 0.273 e. The molecule has 0 aliphatic rings. The van der Waals surface area contributed by atoms with Crippen LogP contribution < -0.4 is 11.3 Å². The standard InChI is InChI=1S/C28H26ClF2N3O2/c1-4-12-33-25(22-10-7-20(27(32)35)16-24(22)31)11-13-34-18(3)15-23(26(29)28(34)36)17(2)14-19-5-8-21(30)9-6-19/h4-13,15-17H,14H2,1-3H3,(H2,32,35)/b12-4+,13-11+,33-25-. The molecule has 3 rings (SSSR count). The van der Waals surface area contributed by atoms with E-state index >= 15 is 0 Å². The lowest BCUT2D eigenvalue weighted by Gasteiger charge is -2.16. The fraction of sp³-hybridized carbons (Fsp3) is 0.179. The van der Waals surface area contributed by atoms with Gasteiger partial charge in [-0.1, -0.05) is 36.7 Å². The molecule has 1 amide bonds. The van der Waals surface area contributed by atoms with Crippen LogP contribution in [-0.2, 0) is 6.42 Å². The van der Waals surface area contributed by atoms with Gasteiger partial charge in [0.1, 0.15) is 16.7 Å². The average molecular weight is 510 g/mol. The topological polar surface area (TPSA) is 77.4 Å². The number of benzene rings is 2. The molecule has 1 aromatic heterocycles. The monoisotopic (exact) mass is 509 g/mol. The van der Waals surface area contributed by atoms with E-state index in [1.54, 1.807) is 32.1 Å². The summed E-state index contributed by atoms with van der Waals surface area (Å²) in [6.45, 7) is 5.48. The van der Waals surface area contributed by atoms with E-state index < -0.39 is 17.3 Å². The van der Waals surface area contributed by atoms with Crippen molar-refractivity contribution in [2.45, 2.75) is 33.1 Å². The Labute approximate surface area is 213 Å². The van der Waals surface area contributed by atoms with Gasteiger partial charge in [-0.25, -0.2) is 8.78 Å². The lowest BCUT2D eigenvalue weighted by atomic mass is 9.93. The van der Waals surface area contributed by atoms with Crippen LogP contribution >= 0.6 is 11.6 Å². The Kier molecular flexibility index (Phi) is 8.72. The van der Waals surface area contributed by atoms with Crippen LogP contribution in [0, 0.1) is 18.6 Å². The number of carbonyl (C=O) groups is 1. The molecule has 0 saturated heterocycles. The first-order valence-electron chi connectivity index (χ1n) is 11.2. The number of aliphatic imine (C=N–C) groups is 1. The molecule has 36 heavy (non-hydrogen) atoms. The Balaban J connectivity index is 1.96. The zero-order valence-corrected chi connectivity index (χ0v) is 20.9. The maximum atomic E-state index is 14.7. The van der Waals surface area contributed by atoms with E-state index in [0.717, 1.165) is 11.6 Å². The molecule has 2 N–H and O–H groups in total. The summed E-state index contributed by atoms with van der Waals surface area (Å²) in [5, 5.41) is 0.0730. The molecular weight excluding hydrogens is 484 g/mol. The normalized spacial score (nSPS) is 13.0. The number of primary amides is 1. The third-order valence-corrected chi connectivity index (χ3v) is 6.04. The summed E-state index contributed by atoms with van der Waals surface area (Å²) in [6.07, 6.45) is 6.72. The van der Waals surface area contributed by atoms with Crippen LogP contribution in [0.3, 0.4) is 0 Å². The molecule has 0 spiro atoms. The molecule has 0 radical (unpaired) electrons. The van der Waals surface area contributed by atoms with E-state index in [1.807, 2.05) is 13.0 Å². The second kappa shape index (κ2) is 11.7. The summed E-state index contributed by atoms with van der Waals surface area (Å²) in [6, 6.07) is 11.9. The molecule has 1 unspecified atom stereocenters. The van der Waals surface area contributed by atoms with Gasteiger partial charge in [0.05, 0.1) is 5.71 Å². The molecule has 0 aliphatic heterocycles. The minimum Gasteiger partial charge on any atom is -0.366 e. The van der Waals surface area contributed by atoms with Crippen molar-refractivity contribution < 1.29 is 13.6 Å². The van der Waals surface area contributed by atoms with E-state index in [-0.39, 0.29) is 33.6 Å². The predicted molar refractivity (Wildman–Crippen MR) is 141 cm³/mol. The Morgan fingerprint density at radius 1 is 1.17 bits per heavy atom. The summed E-state index contributed by atoms with van der Waals surface area (Å²) in [5.41, 5.74) is 7.44. The lowest BCUT2D eigenvalue weighted by molar-refractivity contribution is 0.1000. The van der Waals surface area contributed by atoms with Gasteiger partial charge in [-0.15, -0.1) is 0 Å². The van der Waals surface area contributed by atoms with Gasteiger partial charge < -0.3 is 5.73 Å².